The summed E-state index contributed by atoms with van der Waals surface area (Å²) in [5.74, 6) is -0.106. The van der Waals surface area contributed by atoms with E-state index in [2.05, 4.69) is 5.32 Å². The van der Waals surface area contributed by atoms with Gasteiger partial charge in [-0.1, -0.05) is 12.1 Å². The first-order chi connectivity index (χ1) is 7.75. The molecule has 0 radical (unpaired) electrons. The smallest absolute Gasteiger partial charge is 0.161 e. The molecular formula is C12H19NO3. The molecule has 4 heteroatoms. The lowest BCUT2D eigenvalue weighted by molar-refractivity contribution is 0.192. The Morgan fingerprint density at radius 3 is 2.81 bits per heavy atom. The van der Waals surface area contributed by atoms with Crippen LogP contribution in [0.5, 0.6) is 11.5 Å². The van der Waals surface area contributed by atoms with Gasteiger partial charge in [0.15, 0.2) is 11.5 Å². The number of phenols is 2. The van der Waals surface area contributed by atoms with Gasteiger partial charge in [-0.15, -0.1) is 0 Å². The van der Waals surface area contributed by atoms with E-state index in [0.717, 1.165) is 26.0 Å². The maximum atomic E-state index is 9.53. The molecule has 1 aromatic rings. The zero-order valence-electron chi connectivity index (χ0n) is 9.57. The van der Waals surface area contributed by atoms with E-state index in [1.807, 2.05) is 0 Å². The van der Waals surface area contributed by atoms with E-state index < -0.39 is 0 Å². The summed E-state index contributed by atoms with van der Waals surface area (Å²) in [4.78, 5) is 0. The first kappa shape index (κ1) is 12.8. The first-order valence-electron chi connectivity index (χ1n) is 5.45. The van der Waals surface area contributed by atoms with Crippen LogP contribution in [0.3, 0.4) is 0 Å². The molecule has 0 bridgehead atoms. The van der Waals surface area contributed by atoms with Crippen LogP contribution in [0.2, 0.25) is 0 Å². The van der Waals surface area contributed by atoms with Gasteiger partial charge >= 0.3 is 0 Å². The van der Waals surface area contributed by atoms with Crippen molar-refractivity contribution in [1.82, 2.24) is 5.32 Å². The van der Waals surface area contributed by atoms with E-state index in [0.29, 0.717) is 12.1 Å². The summed E-state index contributed by atoms with van der Waals surface area (Å²) in [5, 5.41) is 22.0. The van der Waals surface area contributed by atoms with Gasteiger partial charge in [-0.3, -0.25) is 0 Å². The average Bonchev–Trinajstić information content (AvgIpc) is 2.29. The summed E-state index contributed by atoms with van der Waals surface area (Å²) in [6, 6.07) is 4.98. The maximum Gasteiger partial charge on any atom is 0.161 e. The van der Waals surface area contributed by atoms with Crippen molar-refractivity contribution in [2.24, 2.45) is 0 Å². The van der Waals surface area contributed by atoms with Gasteiger partial charge in [0.25, 0.3) is 0 Å². The van der Waals surface area contributed by atoms with Gasteiger partial charge in [0.2, 0.25) is 0 Å². The van der Waals surface area contributed by atoms with Crippen molar-refractivity contribution in [3.8, 4) is 11.5 Å². The molecule has 16 heavy (non-hydrogen) atoms. The fourth-order valence-corrected chi connectivity index (χ4v) is 1.44. The Labute approximate surface area is 95.9 Å². The second-order valence-corrected chi connectivity index (χ2v) is 3.66. The molecule has 1 aromatic carbocycles. The molecule has 0 unspecified atom stereocenters. The number of nitrogens with one attached hydrogen (secondary N) is 1. The molecule has 0 amide bonds. The molecule has 0 saturated heterocycles. The zero-order valence-corrected chi connectivity index (χ0v) is 9.57. The van der Waals surface area contributed by atoms with Gasteiger partial charge in [0, 0.05) is 25.8 Å². The van der Waals surface area contributed by atoms with Crippen LogP contribution in [-0.2, 0) is 11.3 Å². The number of benzene rings is 1. The monoisotopic (exact) mass is 225 g/mol. The summed E-state index contributed by atoms with van der Waals surface area (Å²) in [6.45, 7) is 2.21. The third-order valence-electron chi connectivity index (χ3n) is 2.37. The molecule has 0 aromatic heterocycles. The minimum Gasteiger partial charge on any atom is -0.504 e. The summed E-state index contributed by atoms with van der Waals surface area (Å²) < 4.78 is 4.94. The molecule has 0 atom stereocenters. The topological polar surface area (TPSA) is 61.7 Å². The molecule has 0 aliphatic heterocycles. The van der Waals surface area contributed by atoms with Gasteiger partial charge < -0.3 is 20.3 Å². The van der Waals surface area contributed by atoms with Crippen molar-refractivity contribution < 1.29 is 14.9 Å². The van der Waals surface area contributed by atoms with Crippen LogP contribution in [0.15, 0.2) is 18.2 Å². The highest BCUT2D eigenvalue weighted by molar-refractivity contribution is 5.44. The molecule has 1 rings (SSSR count). The summed E-state index contributed by atoms with van der Waals surface area (Å²) in [7, 11) is 1.69. The number of hydrogen-bond donors (Lipinski definition) is 3. The van der Waals surface area contributed by atoms with Gasteiger partial charge in [0.1, 0.15) is 0 Å². The van der Waals surface area contributed by atoms with Crippen LogP contribution in [0.1, 0.15) is 18.4 Å². The predicted molar refractivity (Wildman–Crippen MR) is 62.6 cm³/mol. The quantitative estimate of drug-likeness (QED) is 0.487. The van der Waals surface area contributed by atoms with E-state index in [9.17, 15) is 10.2 Å². The Kier molecular flexibility index (Phi) is 5.67. The van der Waals surface area contributed by atoms with Gasteiger partial charge in [-0.25, -0.2) is 0 Å². The molecule has 0 aliphatic carbocycles. The number of ether oxygens (including phenoxy) is 1. The highest BCUT2D eigenvalue weighted by atomic mass is 16.5. The number of hydrogen-bond acceptors (Lipinski definition) is 4. The van der Waals surface area contributed by atoms with Crippen LogP contribution >= 0.6 is 0 Å². The average molecular weight is 225 g/mol. The Morgan fingerprint density at radius 1 is 1.25 bits per heavy atom. The van der Waals surface area contributed by atoms with E-state index in [4.69, 9.17) is 4.74 Å². The Balaban J connectivity index is 2.24. The van der Waals surface area contributed by atoms with Crippen molar-refractivity contribution in [3.63, 3.8) is 0 Å². The number of unbranched alkanes of at least 4 members (excludes halogenated alkanes) is 1. The van der Waals surface area contributed by atoms with Gasteiger partial charge in [0.05, 0.1) is 0 Å². The predicted octanol–water partition coefficient (Wildman–Crippen LogP) is 1.61. The van der Waals surface area contributed by atoms with Crippen LogP contribution in [0.4, 0.5) is 0 Å². The molecular weight excluding hydrogens is 206 g/mol. The SMILES string of the molecule is COCCCCNCc1cccc(O)c1O. The third-order valence-corrected chi connectivity index (χ3v) is 2.37. The van der Waals surface area contributed by atoms with Gasteiger partial charge in [-0.05, 0) is 25.5 Å². The maximum absolute atomic E-state index is 9.53. The number of aromatic hydroxyl groups is 2. The van der Waals surface area contributed by atoms with Crippen LogP contribution in [0, 0.1) is 0 Å². The van der Waals surface area contributed by atoms with Crippen LogP contribution in [-0.4, -0.2) is 30.5 Å². The molecule has 3 N–H and O–H groups in total. The normalized spacial score (nSPS) is 10.6. The zero-order chi connectivity index (χ0) is 11.8. The van der Waals surface area contributed by atoms with Crippen molar-refractivity contribution in [2.75, 3.05) is 20.3 Å². The lowest BCUT2D eigenvalue weighted by Gasteiger charge is -2.07. The van der Waals surface area contributed by atoms with E-state index in [1.165, 1.54) is 6.07 Å². The molecule has 0 heterocycles. The molecule has 90 valence electrons. The van der Waals surface area contributed by atoms with E-state index in [1.54, 1.807) is 19.2 Å². The number of para-hydroxylation sites is 1. The van der Waals surface area contributed by atoms with Crippen molar-refractivity contribution in [3.05, 3.63) is 23.8 Å². The largest absolute Gasteiger partial charge is 0.504 e. The minimum atomic E-state index is -0.0707. The van der Waals surface area contributed by atoms with E-state index >= 15 is 0 Å². The number of methoxy groups -OCH3 is 1. The minimum absolute atomic E-state index is 0.0353. The Bertz CT molecular complexity index is 315. The molecule has 0 spiro atoms. The third kappa shape index (κ3) is 4.08. The fourth-order valence-electron chi connectivity index (χ4n) is 1.44. The highest BCUT2D eigenvalue weighted by Crippen LogP contribution is 2.27. The van der Waals surface area contributed by atoms with Crippen molar-refractivity contribution >= 4 is 0 Å². The number of phenolic OH excluding ortho intramolecular Hbond substituents is 2. The number of rotatable bonds is 7. The summed E-state index contributed by atoms with van der Waals surface area (Å²) in [5.41, 5.74) is 0.715. The van der Waals surface area contributed by atoms with Crippen molar-refractivity contribution in [1.29, 1.82) is 0 Å². The Morgan fingerprint density at radius 2 is 2.06 bits per heavy atom. The first-order valence-corrected chi connectivity index (χ1v) is 5.45. The molecule has 0 fully saturated rings. The summed E-state index contributed by atoms with van der Waals surface area (Å²) in [6.07, 6.45) is 2.06. The molecule has 0 saturated carbocycles. The second-order valence-electron chi connectivity index (χ2n) is 3.66. The lowest BCUT2D eigenvalue weighted by Crippen LogP contribution is -2.15. The summed E-state index contributed by atoms with van der Waals surface area (Å²) >= 11 is 0. The lowest BCUT2D eigenvalue weighted by atomic mass is 10.2. The highest BCUT2D eigenvalue weighted by Gasteiger charge is 2.04. The van der Waals surface area contributed by atoms with Crippen LogP contribution < -0.4 is 5.32 Å². The fraction of sp³-hybridized carbons (Fsp3) is 0.500. The van der Waals surface area contributed by atoms with Crippen molar-refractivity contribution in [2.45, 2.75) is 19.4 Å². The molecule has 4 nitrogen and oxygen atoms in total. The molecule has 0 aliphatic rings. The second kappa shape index (κ2) is 7.09. The standard InChI is InChI=1S/C12H19NO3/c1-16-8-3-2-7-13-9-10-5-4-6-11(14)12(10)15/h4-6,13-15H,2-3,7-9H2,1H3. The van der Waals surface area contributed by atoms with Gasteiger partial charge in [-0.2, -0.15) is 0 Å². The van der Waals surface area contributed by atoms with Crippen LogP contribution in [0.25, 0.3) is 0 Å². The Hall–Kier alpha value is -1.26. The van der Waals surface area contributed by atoms with E-state index in [-0.39, 0.29) is 11.5 Å².